The zero-order chi connectivity index (χ0) is 26.5. The van der Waals surface area contributed by atoms with Crippen molar-refractivity contribution in [3.05, 3.63) is 85.5 Å². The predicted octanol–water partition coefficient (Wildman–Crippen LogP) is 6.27. The van der Waals surface area contributed by atoms with Gasteiger partial charge in [0.05, 0.1) is 10.2 Å². The fourth-order valence-corrected chi connectivity index (χ4v) is 5.13. The van der Waals surface area contributed by atoms with Crippen molar-refractivity contribution in [3.63, 3.8) is 0 Å². The Hall–Kier alpha value is -3.07. The molecule has 10 heteroatoms. The summed E-state index contributed by atoms with van der Waals surface area (Å²) in [7, 11) is -4.12. The molecular weight excluding hydrogens is 615 g/mol. The zero-order valence-electron chi connectivity index (χ0n) is 19.6. The number of ether oxygens (including phenoxy) is 1. The molecule has 0 heterocycles. The van der Waals surface area contributed by atoms with Crippen LogP contribution in [0.15, 0.2) is 65.1 Å². The lowest BCUT2D eigenvalue weighted by Crippen LogP contribution is -2.14. The molecule has 0 unspecified atom stereocenters. The molecule has 186 valence electrons. The van der Waals surface area contributed by atoms with E-state index in [0.717, 1.165) is 11.1 Å². The first-order valence-electron chi connectivity index (χ1n) is 10.7. The van der Waals surface area contributed by atoms with Crippen LogP contribution in [0.5, 0.6) is 11.5 Å². The molecule has 3 aromatic carbocycles. The Morgan fingerprint density at radius 1 is 1.14 bits per heavy atom. The lowest BCUT2D eigenvalue weighted by atomic mass is 10.1. The Morgan fingerprint density at radius 2 is 1.83 bits per heavy atom. The molecule has 0 bridgehead atoms. The summed E-state index contributed by atoms with van der Waals surface area (Å²) in [5.74, 6) is -0.430. The number of carbonyl (C=O) groups excluding carboxylic acids is 1. The van der Waals surface area contributed by atoms with Crippen molar-refractivity contribution in [2.75, 3.05) is 11.9 Å². The molecule has 36 heavy (non-hydrogen) atoms. The first-order valence-corrected chi connectivity index (χ1v) is 13.6. The highest BCUT2D eigenvalue weighted by Gasteiger charge is 2.22. The van der Waals surface area contributed by atoms with Crippen LogP contribution in [0.3, 0.4) is 0 Å². The number of hydrogen-bond donors (Lipinski definition) is 1. The number of hydrogen-bond acceptors (Lipinski definition) is 6. The first-order chi connectivity index (χ1) is 17.0. The zero-order valence-corrected chi connectivity index (χ0v) is 23.4. The van der Waals surface area contributed by atoms with Gasteiger partial charge in [0.15, 0.2) is 11.5 Å². The number of aryl methyl sites for hydroxylation is 2. The van der Waals surface area contributed by atoms with Crippen molar-refractivity contribution in [1.82, 2.24) is 0 Å². The van der Waals surface area contributed by atoms with Gasteiger partial charge in [-0.15, -0.1) is 0 Å². The van der Waals surface area contributed by atoms with Crippen molar-refractivity contribution in [2.24, 2.45) is 0 Å². The van der Waals surface area contributed by atoms with Gasteiger partial charge < -0.3 is 14.2 Å². The predicted molar refractivity (Wildman–Crippen MR) is 148 cm³/mol. The summed E-state index contributed by atoms with van der Waals surface area (Å²) in [6, 6.07) is 16.4. The Balaban J connectivity index is 1.95. The molecule has 0 fully saturated rings. The van der Waals surface area contributed by atoms with Gasteiger partial charge in [-0.3, -0.25) is 4.79 Å². The highest BCUT2D eigenvalue weighted by Crippen LogP contribution is 2.37. The summed E-state index contributed by atoms with van der Waals surface area (Å²) in [6.45, 7) is 5.65. The lowest BCUT2D eigenvalue weighted by molar-refractivity contribution is -0.112. The van der Waals surface area contributed by atoms with Crippen LogP contribution >= 0.6 is 34.2 Å². The van der Waals surface area contributed by atoms with Gasteiger partial charge in [-0.1, -0.05) is 35.4 Å². The van der Waals surface area contributed by atoms with Gasteiger partial charge in [0, 0.05) is 10.7 Å². The number of anilines is 1. The smallest absolute Gasteiger partial charge is 0.339 e. The van der Waals surface area contributed by atoms with Crippen LogP contribution in [0.4, 0.5) is 5.69 Å². The maximum Gasteiger partial charge on any atom is 0.339 e. The van der Waals surface area contributed by atoms with Crippen LogP contribution in [-0.2, 0) is 14.9 Å². The highest BCUT2D eigenvalue weighted by molar-refractivity contribution is 14.1. The molecule has 7 nitrogen and oxygen atoms in total. The van der Waals surface area contributed by atoms with E-state index in [1.165, 1.54) is 24.3 Å². The average Bonchev–Trinajstić information content (AvgIpc) is 2.82. The van der Waals surface area contributed by atoms with Crippen molar-refractivity contribution in [1.29, 1.82) is 5.26 Å². The molecule has 1 amide bonds. The molecule has 3 rings (SSSR count). The summed E-state index contributed by atoms with van der Waals surface area (Å²) >= 11 is 7.94. The van der Waals surface area contributed by atoms with Crippen molar-refractivity contribution < 1.29 is 22.1 Å². The van der Waals surface area contributed by atoms with Gasteiger partial charge in [0.1, 0.15) is 16.5 Å². The summed E-state index contributed by atoms with van der Waals surface area (Å²) in [5, 5.41) is 12.8. The van der Waals surface area contributed by atoms with Crippen LogP contribution in [-0.4, -0.2) is 20.9 Å². The van der Waals surface area contributed by atoms with Crippen LogP contribution in [0, 0.1) is 28.7 Å². The van der Waals surface area contributed by atoms with E-state index in [1.54, 1.807) is 43.3 Å². The van der Waals surface area contributed by atoms with E-state index < -0.39 is 16.0 Å². The maximum absolute atomic E-state index is 12.8. The second kappa shape index (κ2) is 11.8. The van der Waals surface area contributed by atoms with Crippen molar-refractivity contribution in [2.45, 2.75) is 25.7 Å². The van der Waals surface area contributed by atoms with Crippen LogP contribution in [0.25, 0.3) is 6.08 Å². The van der Waals surface area contributed by atoms with Gasteiger partial charge in [-0.05, 0) is 97.0 Å². The first kappa shape index (κ1) is 27.5. The Kier molecular flexibility index (Phi) is 9.00. The highest BCUT2D eigenvalue weighted by atomic mass is 127. The van der Waals surface area contributed by atoms with Crippen LogP contribution in [0.2, 0.25) is 5.02 Å². The molecular formula is C26H22ClIN2O5S. The van der Waals surface area contributed by atoms with Gasteiger partial charge >= 0.3 is 10.1 Å². The second-order valence-electron chi connectivity index (χ2n) is 7.70. The Labute approximate surface area is 229 Å². The molecule has 0 aliphatic rings. The Morgan fingerprint density at radius 3 is 2.47 bits per heavy atom. The molecule has 0 saturated heterocycles. The molecule has 0 aromatic heterocycles. The number of amides is 1. The number of benzene rings is 3. The van der Waals surface area contributed by atoms with E-state index in [4.69, 9.17) is 20.5 Å². The molecule has 0 aliphatic carbocycles. The van der Waals surface area contributed by atoms with Crippen LogP contribution in [0.1, 0.15) is 23.6 Å². The van der Waals surface area contributed by atoms with Gasteiger partial charge in [-0.25, -0.2) is 0 Å². The van der Waals surface area contributed by atoms with Crippen molar-refractivity contribution >= 4 is 62.0 Å². The summed E-state index contributed by atoms with van der Waals surface area (Å²) in [6.07, 6.45) is 1.39. The number of carbonyl (C=O) groups is 1. The summed E-state index contributed by atoms with van der Waals surface area (Å²) < 4.78 is 37.2. The third-order valence-electron chi connectivity index (χ3n) is 4.96. The lowest BCUT2D eigenvalue weighted by Gasteiger charge is -2.15. The topological polar surface area (TPSA) is 105 Å². The molecule has 0 radical (unpaired) electrons. The van der Waals surface area contributed by atoms with Gasteiger partial charge in [0.25, 0.3) is 5.91 Å². The number of nitrogens with one attached hydrogen (secondary N) is 1. The van der Waals surface area contributed by atoms with Crippen LogP contribution < -0.4 is 14.2 Å². The van der Waals surface area contributed by atoms with Gasteiger partial charge in [-0.2, -0.15) is 13.7 Å². The van der Waals surface area contributed by atoms with E-state index in [-0.39, 0.29) is 28.6 Å². The minimum Gasteiger partial charge on any atom is -0.490 e. The minimum absolute atomic E-state index is 0.00932. The molecule has 3 aromatic rings. The normalized spacial score (nSPS) is 11.5. The summed E-state index contributed by atoms with van der Waals surface area (Å²) in [5.41, 5.74) is 2.49. The fourth-order valence-electron chi connectivity index (χ4n) is 3.11. The van der Waals surface area contributed by atoms with E-state index in [0.29, 0.717) is 19.8 Å². The molecule has 0 atom stereocenters. The van der Waals surface area contributed by atoms with E-state index in [1.807, 2.05) is 42.5 Å². The minimum atomic E-state index is -4.12. The standard InChI is InChI=1S/C26H22ClIN2O5S/c1-4-34-24-13-18(11-19(15-29)26(31)30-23-14-20(27)8-7-17(23)3)12-22(28)25(24)35-36(32,33)21-9-5-16(2)6-10-21/h5-14H,4H2,1-3H3,(H,30,31)/b19-11+. The molecule has 1 N–H and O–H groups in total. The summed E-state index contributed by atoms with van der Waals surface area (Å²) in [4.78, 5) is 12.8. The van der Waals surface area contributed by atoms with E-state index in [9.17, 15) is 18.5 Å². The van der Waals surface area contributed by atoms with Gasteiger partial charge in [0.2, 0.25) is 0 Å². The number of nitriles is 1. The largest absolute Gasteiger partial charge is 0.490 e. The van der Waals surface area contributed by atoms with Crippen molar-refractivity contribution in [3.8, 4) is 17.6 Å². The number of rotatable bonds is 8. The fraction of sp³-hybridized carbons (Fsp3) is 0.154. The van der Waals surface area contributed by atoms with E-state index >= 15 is 0 Å². The molecule has 0 aliphatic heterocycles. The second-order valence-corrected chi connectivity index (χ2v) is 10.8. The SMILES string of the molecule is CCOc1cc(/C=C(\C#N)C(=O)Nc2cc(Cl)ccc2C)cc(I)c1OS(=O)(=O)c1ccc(C)cc1. The third kappa shape index (κ3) is 6.78. The maximum atomic E-state index is 12.8. The number of nitrogens with zero attached hydrogens (tertiary/aromatic N) is 1. The number of halogens is 2. The monoisotopic (exact) mass is 636 g/mol. The Bertz CT molecular complexity index is 1480. The van der Waals surface area contributed by atoms with E-state index in [2.05, 4.69) is 5.32 Å². The quantitative estimate of drug-likeness (QED) is 0.135. The molecule has 0 saturated carbocycles. The third-order valence-corrected chi connectivity index (χ3v) is 7.23. The average molecular weight is 637 g/mol. The molecule has 0 spiro atoms.